The van der Waals surface area contributed by atoms with Gasteiger partial charge in [-0.3, -0.25) is 9.69 Å². The second-order valence-corrected chi connectivity index (χ2v) is 4.76. The Kier molecular flexibility index (Phi) is 5.25. The highest BCUT2D eigenvalue weighted by Gasteiger charge is 2.20. The molecule has 1 unspecified atom stereocenters. The van der Waals surface area contributed by atoms with Crippen LogP contribution in [0.1, 0.15) is 18.9 Å². The van der Waals surface area contributed by atoms with Gasteiger partial charge in [-0.15, -0.1) is 0 Å². The molecule has 0 aliphatic carbocycles. The molecular weight excluding hydrogens is 261 g/mol. The Morgan fingerprint density at radius 2 is 2.12 bits per heavy atom. The van der Waals surface area contributed by atoms with E-state index < -0.39 is 12.0 Å². The maximum atomic E-state index is 11.0. The topological polar surface area (TPSA) is 40.5 Å². The summed E-state index contributed by atoms with van der Waals surface area (Å²) in [5.74, 6) is -0.819. The Morgan fingerprint density at radius 3 is 2.59 bits per heavy atom. The lowest BCUT2D eigenvalue weighted by Crippen LogP contribution is -2.37. The Hall–Kier alpha value is -0.770. The molecule has 3 nitrogen and oxygen atoms in total. The standard InChI is InChI=1S/C12H15Cl2NO2/c1-3-11(12(16)17)15(2)7-8-4-5-9(13)6-10(8)14/h4-6,11H,3,7H2,1-2H3,(H,16,17). The quantitative estimate of drug-likeness (QED) is 0.897. The zero-order chi connectivity index (χ0) is 13.0. The molecule has 0 aliphatic rings. The van der Waals surface area contributed by atoms with Crippen LogP contribution in [0.2, 0.25) is 10.0 Å². The molecule has 17 heavy (non-hydrogen) atoms. The van der Waals surface area contributed by atoms with Gasteiger partial charge in [-0.1, -0.05) is 36.2 Å². The van der Waals surface area contributed by atoms with E-state index in [9.17, 15) is 4.79 Å². The molecule has 1 aromatic rings. The molecular formula is C12H15Cl2NO2. The van der Waals surface area contributed by atoms with Gasteiger partial charge in [0.1, 0.15) is 6.04 Å². The number of halogens is 2. The van der Waals surface area contributed by atoms with Gasteiger partial charge in [-0.25, -0.2) is 0 Å². The summed E-state index contributed by atoms with van der Waals surface area (Å²) < 4.78 is 0. The predicted octanol–water partition coefficient (Wildman–Crippen LogP) is 3.29. The molecule has 0 aromatic heterocycles. The number of hydrogen-bond donors (Lipinski definition) is 1. The van der Waals surface area contributed by atoms with Crippen LogP contribution in [0.4, 0.5) is 0 Å². The van der Waals surface area contributed by atoms with Crippen molar-refractivity contribution in [2.45, 2.75) is 25.9 Å². The number of rotatable bonds is 5. The monoisotopic (exact) mass is 275 g/mol. The van der Waals surface area contributed by atoms with Gasteiger partial charge in [-0.05, 0) is 31.2 Å². The molecule has 0 saturated carbocycles. The fourth-order valence-electron chi connectivity index (χ4n) is 1.70. The van der Waals surface area contributed by atoms with Gasteiger partial charge in [-0.2, -0.15) is 0 Å². The van der Waals surface area contributed by atoms with Gasteiger partial charge in [0.2, 0.25) is 0 Å². The van der Waals surface area contributed by atoms with Crippen molar-refractivity contribution in [1.29, 1.82) is 0 Å². The summed E-state index contributed by atoms with van der Waals surface area (Å²) in [5, 5.41) is 10.2. The van der Waals surface area contributed by atoms with Gasteiger partial charge < -0.3 is 5.11 Å². The number of hydrogen-bond acceptors (Lipinski definition) is 2. The van der Waals surface area contributed by atoms with Crippen molar-refractivity contribution < 1.29 is 9.90 Å². The number of carboxylic acids is 1. The number of nitrogens with zero attached hydrogens (tertiary/aromatic N) is 1. The Labute approximate surface area is 111 Å². The van der Waals surface area contributed by atoms with E-state index in [0.717, 1.165) is 5.56 Å². The minimum absolute atomic E-state index is 0.487. The second-order valence-electron chi connectivity index (χ2n) is 3.91. The van der Waals surface area contributed by atoms with E-state index in [1.807, 2.05) is 13.0 Å². The first-order valence-corrected chi connectivity index (χ1v) is 6.08. The van der Waals surface area contributed by atoms with Gasteiger partial charge in [0.25, 0.3) is 0 Å². The molecule has 0 saturated heterocycles. The summed E-state index contributed by atoms with van der Waals surface area (Å²) in [4.78, 5) is 12.8. The van der Waals surface area contributed by atoms with Crippen LogP contribution >= 0.6 is 23.2 Å². The second kappa shape index (κ2) is 6.24. The van der Waals surface area contributed by atoms with Crippen molar-refractivity contribution in [2.75, 3.05) is 7.05 Å². The number of benzene rings is 1. The van der Waals surface area contributed by atoms with Gasteiger partial charge >= 0.3 is 5.97 Å². The van der Waals surface area contributed by atoms with Crippen molar-refractivity contribution >= 4 is 29.2 Å². The molecule has 0 heterocycles. The van der Waals surface area contributed by atoms with Crippen LogP contribution in [-0.2, 0) is 11.3 Å². The van der Waals surface area contributed by atoms with Gasteiger partial charge in [0, 0.05) is 16.6 Å². The number of likely N-dealkylation sites (N-methyl/N-ethyl adjacent to an activating group) is 1. The predicted molar refractivity (Wildman–Crippen MR) is 69.6 cm³/mol. The van der Waals surface area contributed by atoms with E-state index in [2.05, 4.69) is 0 Å². The first-order valence-electron chi connectivity index (χ1n) is 5.32. The highest BCUT2D eigenvalue weighted by Crippen LogP contribution is 2.22. The molecule has 0 fully saturated rings. The van der Waals surface area contributed by atoms with Crippen LogP contribution in [0.5, 0.6) is 0 Å². The van der Waals surface area contributed by atoms with Crippen molar-refractivity contribution in [3.63, 3.8) is 0 Å². The van der Waals surface area contributed by atoms with Crippen LogP contribution < -0.4 is 0 Å². The molecule has 1 N–H and O–H groups in total. The van der Waals surface area contributed by atoms with E-state index in [4.69, 9.17) is 28.3 Å². The fraction of sp³-hybridized carbons (Fsp3) is 0.417. The third kappa shape index (κ3) is 3.87. The van der Waals surface area contributed by atoms with Gasteiger partial charge in [0.05, 0.1) is 0 Å². The number of carboxylic acid groups (broad SMARTS) is 1. The summed E-state index contributed by atoms with van der Waals surface area (Å²) in [6, 6.07) is 4.73. The maximum Gasteiger partial charge on any atom is 0.320 e. The van der Waals surface area contributed by atoms with Crippen molar-refractivity contribution in [1.82, 2.24) is 4.90 Å². The molecule has 5 heteroatoms. The Bertz CT molecular complexity index is 409. The fourth-order valence-corrected chi connectivity index (χ4v) is 2.17. The molecule has 0 radical (unpaired) electrons. The highest BCUT2D eigenvalue weighted by molar-refractivity contribution is 6.35. The lowest BCUT2D eigenvalue weighted by atomic mass is 10.1. The lowest BCUT2D eigenvalue weighted by Gasteiger charge is -2.23. The summed E-state index contributed by atoms with van der Waals surface area (Å²) >= 11 is 11.8. The first kappa shape index (κ1) is 14.3. The normalized spacial score (nSPS) is 12.8. The van der Waals surface area contributed by atoms with E-state index in [0.29, 0.717) is 23.0 Å². The largest absolute Gasteiger partial charge is 0.480 e. The Morgan fingerprint density at radius 1 is 1.47 bits per heavy atom. The van der Waals surface area contributed by atoms with Crippen LogP contribution in [0, 0.1) is 0 Å². The third-order valence-electron chi connectivity index (χ3n) is 2.64. The zero-order valence-corrected chi connectivity index (χ0v) is 11.3. The molecule has 1 atom stereocenters. The molecule has 94 valence electrons. The smallest absolute Gasteiger partial charge is 0.320 e. The number of aliphatic carboxylic acids is 1. The summed E-state index contributed by atoms with van der Waals surface area (Å²) in [6.45, 7) is 2.33. The number of carbonyl (C=O) groups is 1. The third-order valence-corrected chi connectivity index (χ3v) is 3.23. The van der Waals surface area contributed by atoms with Crippen LogP contribution in [0.15, 0.2) is 18.2 Å². The highest BCUT2D eigenvalue weighted by atomic mass is 35.5. The molecule has 1 aromatic carbocycles. The van der Waals surface area contributed by atoms with E-state index in [1.165, 1.54) is 0 Å². The van der Waals surface area contributed by atoms with Crippen molar-refractivity contribution in [2.24, 2.45) is 0 Å². The average Bonchev–Trinajstić information content (AvgIpc) is 2.22. The van der Waals surface area contributed by atoms with Crippen molar-refractivity contribution in [3.05, 3.63) is 33.8 Å². The van der Waals surface area contributed by atoms with E-state index in [1.54, 1.807) is 24.1 Å². The van der Waals surface area contributed by atoms with Crippen molar-refractivity contribution in [3.8, 4) is 0 Å². The van der Waals surface area contributed by atoms with E-state index >= 15 is 0 Å². The minimum Gasteiger partial charge on any atom is -0.480 e. The van der Waals surface area contributed by atoms with Crippen LogP contribution in [-0.4, -0.2) is 29.1 Å². The van der Waals surface area contributed by atoms with E-state index in [-0.39, 0.29) is 0 Å². The lowest BCUT2D eigenvalue weighted by molar-refractivity contribution is -0.143. The molecule has 1 rings (SSSR count). The van der Waals surface area contributed by atoms with Crippen LogP contribution in [0.25, 0.3) is 0 Å². The summed E-state index contributed by atoms with van der Waals surface area (Å²) in [5.41, 5.74) is 0.873. The first-order chi connectivity index (χ1) is 7.95. The minimum atomic E-state index is -0.819. The Balaban J connectivity index is 2.79. The molecule has 0 spiro atoms. The maximum absolute atomic E-state index is 11.0. The SMILES string of the molecule is CCC(C(=O)O)N(C)Cc1ccc(Cl)cc1Cl. The molecule has 0 aliphatic heterocycles. The zero-order valence-electron chi connectivity index (χ0n) is 9.78. The van der Waals surface area contributed by atoms with Crippen LogP contribution in [0.3, 0.4) is 0 Å². The summed E-state index contributed by atoms with van der Waals surface area (Å²) in [7, 11) is 1.77. The van der Waals surface area contributed by atoms with Gasteiger partial charge in [0.15, 0.2) is 0 Å². The summed E-state index contributed by atoms with van der Waals surface area (Å²) in [6.07, 6.45) is 0.553. The molecule has 0 amide bonds. The molecule has 0 bridgehead atoms. The average molecular weight is 276 g/mol.